The lowest BCUT2D eigenvalue weighted by Crippen LogP contribution is -2.64. The highest BCUT2D eigenvalue weighted by atomic mass is 79.9. The topological polar surface area (TPSA) is 74.5 Å². The SMILES string of the molecule is CC(C)C1(O)CN(CCc2cn(Cc3cccc(C(=O)N4CCC(c5ccc(Cl)cc5Br)CC4)c3)nn2)C1. The molecule has 0 unspecified atom stereocenters. The Labute approximate surface area is 237 Å². The molecule has 3 aromatic rings. The number of piperidine rings is 1. The largest absolute Gasteiger partial charge is 0.387 e. The van der Waals surface area contributed by atoms with E-state index in [-0.39, 0.29) is 11.8 Å². The predicted octanol–water partition coefficient (Wildman–Crippen LogP) is 5.01. The molecule has 0 spiro atoms. The molecule has 2 saturated heterocycles. The summed E-state index contributed by atoms with van der Waals surface area (Å²) in [7, 11) is 0. The van der Waals surface area contributed by atoms with Crippen molar-refractivity contribution in [2.45, 2.75) is 51.2 Å². The van der Waals surface area contributed by atoms with Gasteiger partial charge in [0.2, 0.25) is 0 Å². The van der Waals surface area contributed by atoms with Crippen LogP contribution >= 0.6 is 27.5 Å². The third-order valence-electron chi connectivity index (χ3n) is 8.04. The first-order valence-corrected chi connectivity index (χ1v) is 14.5. The van der Waals surface area contributed by atoms with Gasteiger partial charge in [0.15, 0.2) is 0 Å². The van der Waals surface area contributed by atoms with Crippen LogP contribution in [0.1, 0.15) is 59.8 Å². The second-order valence-electron chi connectivity index (χ2n) is 11.1. The molecular formula is C29H35BrClN5O2. The van der Waals surface area contributed by atoms with Crippen LogP contribution in [-0.2, 0) is 13.0 Å². The van der Waals surface area contributed by atoms with E-state index in [1.807, 2.05) is 52.2 Å². The van der Waals surface area contributed by atoms with E-state index in [2.05, 4.69) is 51.1 Å². The summed E-state index contributed by atoms with van der Waals surface area (Å²) < 4.78 is 2.87. The van der Waals surface area contributed by atoms with Gasteiger partial charge in [-0.3, -0.25) is 9.69 Å². The van der Waals surface area contributed by atoms with Crippen molar-refractivity contribution in [1.29, 1.82) is 0 Å². The molecule has 2 aliphatic rings. The summed E-state index contributed by atoms with van der Waals surface area (Å²) in [5.41, 5.74) is 3.38. The monoisotopic (exact) mass is 599 g/mol. The normalized spacial score (nSPS) is 18.1. The molecule has 202 valence electrons. The maximum absolute atomic E-state index is 13.3. The number of hydrogen-bond acceptors (Lipinski definition) is 5. The molecule has 7 nitrogen and oxygen atoms in total. The fourth-order valence-electron chi connectivity index (χ4n) is 5.45. The molecule has 2 fully saturated rings. The number of carbonyl (C=O) groups is 1. The summed E-state index contributed by atoms with van der Waals surface area (Å²) in [6.45, 7) is 8.47. The summed E-state index contributed by atoms with van der Waals surface area (Å²) in [6, 6.07) is 13.8. The average Bonchev–Trinajstić information content (AvgIpc) is 3.33. The molecule has 1 aromatic heterocycles. The predicted molar refractivity (Wildman–Crippen MR) is 153 cm³/mol. The quantitative estimate of drug-likeness (QED) is 0.394. The Bertz CT molecular complexity index is 1280. The van der Waals surface area contributed by atoms with Gasteiger partial charge in [-0.1, -0.05) is 64.8 Å². The first-order valence-electron chi connectivity index (χ1n) is 13.4. The van der Waals surface area contributed by atoms with E-state index >= 15 is 0 Å². The minimum absolute atomic E-state index is 0.0793. The van der Waals surface area contributed by atoms with Gasteiger partial charge < -0.3 is 10.0 Å². The minimum atomic E-state index is -0.552. The second kappa shape index (κ2) is 11.5. The number of amides is 1. The molecule has 2 aliphatic heterocycles. The van der Waals surface area contributed by atoms with Crippen LogP contribution in [-0.4, -0.2) is 74.1 Å². The molecule has 0 radical (unpaired) electrons. The van der Waals surface area contributed by atoms with Gasteiger partial charge in [-0.05, 0) is 60.1 Å². The van der Waals surface area contributed by atoms with Crippen molar-refractivity contribution in [1.82, 2.24) is 24.8 Å². The van der Waals surface area contributed by atoms with Gasteiger partial charge >= 0.3 is 0 Å². The van der Waals surface area contributed by atoms with Crippen molar-refractivity contribution in [3.8, 4) is 0 Å². The zero-order valence-electron chi connectivity index (χ0n) is 22.0. The summed E-state index contributed by atoms with van der Waals surface area (Å²) in [5.74, 6) is 0.766. The summed E-state index contributed by atoms with van der Waals surface area (Å²) in [5, 5.41) is 19.8. The Hall–Kier alpha value is -2.26. The van der Waals surface area contributed by atoms with Crippen molar-refractivity contribution in [3.63, 3.8) is 0 Å². The highest BCUT2D eigenvalue weighted by Gasteiger charge is 2.43. The van der Waals surface area contributed by atoms with Crippen molar-refractivity contribution < 1.29 is 9.90 Å². The standard InChI is InChI=1S/C29H35BrClN5O2/c1-20(2)29(38)18-34(19-29)11-10-25-17-36(33-32-25)16-21-4-3-5-23(14-21)28(37)35-12-8-22(9-13-35)26-7-6-24(31)15-27(26)30/h3-7,14-15,17,20,22,38H,8-13,16,18-19H2,1-2H3. The molecule has 0 saturated carbocycles. The second-order valence-corrected chi connectivity index (χ2v) is 12.3. The van der Waals surface area contributed by atoms with Crippen LogP contribution in [0.3, 0.4) is 0 Å². The van der Waals surface area contributed by atoms with E-state index in [0.29, 0.717) is 18.0 Å². The molecule has 38 heavy (non-hydrogen) atoms. The molecule has 9 heteroatoms. The maximum atomic E-state index is 13.3. The fourth-order valence-corrected chi connectivity index (χ4v) is 6.46. The highest BCUT2D eigenvalue weighted by molar-refractivity contribution is 9.10. The summed E-state index contributed by atoms with van der Waals surface area (Å²) in [4.78, 5) is 17.5. The van der Waals surface area contributed by atoms with Gasteiger partial charge in [0.1, 0.15) is 0 Å². The summed E-state index contributed by atoms with van der Waals surface area (Å²) >= 11 is 9.74. The Kier molecular flexibility index (Phi) is 8.24. The number of nitrogens with zero attached hydrogens (tertiary/aromatic N) is 5. The molecule has 0 aliphatic carbocycles. The Morgan fingerprint density at radius 3 is 2.66 bits per heavy atom. The van der Waals surface area contributed by atoms with Crippen molar-refractivity contribution >= 4 is 33.4 Å². The van der Waals surface area contributed by atoms with Gasteiger partial charge in [0.05, 0.1) is 17.8 Å². The first-order chi connectivity index (χ1) is 18.2. The van der Waals surface area contributed by atoms with Crippen LogP contribution in [0.4, 0.5) is 0 Å². The molecule has 2 aromatic carbocycles. The molecule has 1 N–H and O–H groups in total. The van der Waals surface area contributed by atoms with E-state index in [4.69, 9.17) is 11.6 Å². The Morgan fingerprint density at radius 1 is 1.18 bits per heavy atom. The van der Waals surface area contributed by atoms with Gasteiger partial charge in [-0.15, -0.1) is 5.10 Å². The number of β-amino-alcohol motifs (C(OH)–C–C–N with tert-alkyl or cyclic N) is 1. The zero-order valence-corrected chi connectivity index (χ0v) is 24.3. The van der Waals surface area contributed by atoms with Crippen LogP contribution < -0.4 is 0 Å². The lowest BCUT2D eigenvalue weighted by Gasteiger charge is -2.49. The van der Waals surface area contributed by atoms with E-state index in [9.17, 15) is 9.90 Å². The molecule has 3 heterocycles. The van der Waals surface area contributed by atoms with Gasteiger partial charge in [0, 0.05) is 60.4 Å². The van der Waals surface area contributed by atoms with Crippen LogP contribution in [0, 0.1) is 5.92 Å². The van der Waals surface area contributed by atoms with E-state index in [1.54, 1.807) is 0 Å². The Balaban J connectivity index is 1.13. The van der Waals surface area contributed by atoms with Gasteiger partial charge in [-0.25, -0.2) is 4.68 Å². The van der Waals surface area contributed by atoms with Crippen LogP contribution in [0.25, 0.3) is 0 Å². The zero-order chi connectivity index (χ0) is 26.9. The number of halogens is 2. The van der Waals surface area contributed by atoms with Crippen molar-refractivity contribution in [2.24, 2.45) is 5.92 Å². The number of hydrogen-bond donors (Lipinski definition) is 1. The number of likely N-dealkylation sites (tertiary alicyclic amines) is 2. The number of rotatable bonds is 8. The van der Waals surface area contributed by atoms with Crippen molar-refractivity contribution in [3.05, 3.63) is 80.5 Å². The molecule has 0 bridgehead atoms. The third-order valence-corrected chi connectivity index (χ3v) is 8.96. The number of benzene rings is 2. The van der Waals surface area contributed by atoms with Crippen LogP contribution in [0.15, 0.2) is 53.1 Å². The third kappa shape index (κ3) is 6.14. The van der Waals surface area contributed by atoms with Gasteiger partial charge in [-0.2, -0.15) is 0 Å². The lowest BCUT2D eigenvalue weighted by molar-refractivity contribution is -0.126. The lowest BCUT2D eigenvalue weighted by atomic mass is 9.83. The smallest absolute Gasteiger partial charge is 0.253 e. The van der Waals surface area contributed by atoms with Crippen LogP contribution in [0.2, 0.25) is 5.02 Å². The molecular weight excluding hydrogens is 566 g/mol. The molecule has 5 rings (SSSR count). The Morgan fingerprint density at radius 2 is 1.95 bits per heavy atom. The number of aromatic nitrogens is 3. The molecule has 1 amide bonds. The van der Waals surface area contributed by atoms with Crippen LogP contribution in [0.5, 0.6) is 0 Å². The average molecular weight is 601 g/mol. The van der Waals surface area contributed by atoms with Gasteiger partial charge in [0.25, 0.3) is 5.91 Å². The fraction of sp³-hybridized carbons (Fsp3) is 0.483. The van der Waals surface area contributed by atoms with Crippen molar-refractivity contribution in [2.75, 3.05) is 32.7 Å². The van der Waals surface area contributed by atoms with E-state index < -0.39 is 5.60 Å². The summed E-state index contributed by atoms with van der Waals surface area (Å²) in [6.07, 6.45) is 4.64. The number of aliphatic hydroxyl groups is 1. The first kappa shape index (κ1) is 27.3. The highest BCUT2D eigenvalue weighted by Crippen LogP contribution is 2.35. The molecule has 0 atom stereocenters. The number of carbonyl (C=O) groups excluding carboxylic acids is 1. The minimum Gasteiger partial charge on any atom is -0.387 e. The van der Waals surface area contributed by atoms with E-state index in [1.165, 1.54) is 5.56 Å². The van der Waals surface area contributed by atoms with E-state index in [0.717, 1.165) is 72.7 Å². The maximum Gasteiger partial charge on any atom is 0.253 e.